The molecule has 0 bridgehead atoms. The highest BCUT2D eigenvalue weighted by Crippen LogP contribution is 2.35. The van der Waals surface area contributed by atoms with Gasteiger partial charge >= 0.3 is 6.18 Å². The van der Waals surface area contributed by atoms with E-state index in [2.05, 4.69) is 20.2 Å². The van der Waals surface area contributed by atoms with Crippen LogP contribution in [0, 0.1) is 0 Å². The van der Waals surface area contributed by atoms with Gasteiger partial charge in [-0.15, -0.1) is 0 Å². The molecule has 0 saturated carbocycles. The van der Waals surface area contributed by atoms with E-state index in [0.717, 1.165) is 49.0 Å². The number of rotatable bonds is 6. The van der Waals surface area contributed by atoms with E-state index >= 15 is 0 Å². The normalized spacial score (nSPS) is 15.6. The smallest absolute Gasteiger partial charge is 0.416 e. The molecule has 1 aliphatic heterocycles. The van der Waals surface area contributed by atoms with E-state index in [1.54, 1.807) is 32.4 Å². The SMILES string of the molecule is COc1cc2nc(Cl)nc(NC3CCN(Cc4ccc(C(F)(F)F)cc4)CC3)c2cc1OC. The van der Waals surface area contributed by atoms with Crippen molar-refractivity contribution in [3.8, 4) is 11.5 Å². The van der Waals surface area contributed by atoms with Gasteiger partial charge in [0.05, 0.1) is 25.3 Å². The summed E-state index contributed by atoms with van der Waals surface area (Å²) in [6.07, 6.45) is -2.60. The summed E-state index contributed by atoms with van der Waals surface area (Å²) >= 11 is 6.15. The van der Waals surface area contributed by atoms with Crippen LogP contribution >= 0.6 is 11.6 Å². The van der Waals surface area contributed by atoms with Gasteiger partial charge in [0.15, 0.2) is 11.5 Å². The maximum atomic E-state index is 12.8. The topological polar surface area (TPSA) is 59.5 Å². The Balaban J connectivity index is 1.41. The molecular formula is C23H24ClF3N4O2. The number of halogens is 4. The first-order valence-corrected chi connectivity index (χ1v) is 10.9. The van der Waals surface area contributed by atoms with E-state index in [0.29, 0.717) is 29.4 Å². The van der Waals surface area contributed by atoms with Crippen LogP contribution in [0.5, 0.6) is 11.5 Å². The lowest BCUT2D eigenvalue weighted by Crippen LogP contribution is -2.38. The standard InChI is InChI=1S/C23H24ClF3N4O2/c1-32-19-11-17-18(12-20(19)33-2)29-22(24)30-21(17)28-16-7-9-31(10-8-16)13-14-3-5-15(6-4-14)23(25,26)27/h3-6,11-12,16H,7-10,13H2,1-2H3,(H,28,29,30). The molecule has 10 heteroatoms. The van der Waals surface area contributed by atoms with Gasteiger partial charge in [0, 0.05) is 37.1 Å². The largest absolute Gasteiger partial charge is 0.493 e. The van der Waals surface area contributed by atoms with Crippen LogP contribution in [-0.2, 0) is 12.7 Å². The Labute approximate surface area is 194 Å². The lowest BCUT2D eigenvalue weighted by Gasteiger charge is -2.32. The predicted octanol–water partition coefficient (Wildman–Crippen LogP) is 5.40. The maximum absolute atomic E-state index is 12.8. The van der Waals surface area contributed by atoms with Crippen molar-refractivity contribution in [2.75, 3.05) is 32.6 Å². The van der Waals surface area contributed by atoms with Crippen molar-refractivity contribution in [2.24, 2.45) is 0 Å². The second-order valence-corrected chi connectivity index (χ2v) is 8.29. The van der Waals surface area contributed by atoms with Gasteiger partial charge in [-0.3, -0.25) is 4.90 Å². The van der Waals surface area contributed by atoms with E-state index in [9.17, 15) is 13.2 Å². The van der Waals surface area contributed by atoms with E-state index in [1.807, 2.05) is 6.07 Å². The first kappa shape index (κ1) is 23.4. The van der Waals surface area contributed by atoms with Crippen LogP contribution in [0.3, 0.4) is 0 Å². The Morgan fingerprint density at radius 2 is 1.67 bits per heavy atom. The van der Waals surface area contributed by atoms with Gasteiger partial charge in [-0.2, -0.15) is 13.2 Å². The molecule has 4 rings (SSSR count). The van der Waals surface area contributed by atoms with Crippen molar-refractivity contribution in [2.45, 2.75) is 31.6 Å². The van der Waals surface area contributed by atoms with Crippen molar-refractivity contribution < 1.29 is 22.6 Å². The summed E-state index contributed by atoms with van der Waals surface area (Å²) in [6.45, 7) is 2.24. The van der Waals surface area contributed by atoms with Crippen LogP contribution < -0.4 is 14.8 Å². The summed E-state index contributed by atoms with van der Waals surface area (Å²) in [7, 11) is 3.13. The summed E-state index contributed by atoms with van der Waals surface area (Å²) in [4.78, 5) is 10.9. The molecule has 0 aliphatic carbocycles. The number of aromatic nitrogens is 2. The van der Waals surface area contributed by atoms with Gasteiger partial charge in [0.25, 0.3) is 0 Å². The number of fused-ring (bicyclic) bond motifs is 1. The molecule has 1 aromatic heterocycles. The van der Waals surface area contributed by atoms with Gasteiger partial charge in [0.1, 0.15) is 5.82 Å². The maximum Gasteiger partial charge on any atom is 0.416 e. The molecule has 1 aliphatic rings. The molecular weight excluding hydrogens is 457 g/mol. The molecule has 176 valence electrons. The van der Waals surface area contributed by atoms with E-state index in [-0.39, 0.29) is 11.3 Å². The molecule has 1 fully saturated rings. The van der Waals surface area contributed by atoms with Gasteiger partial charge in [-0.25, -0.2) is 9.97 Å². The third kappa shape index (κ3) is 5.42. The number of hydrogen-bond acceptors (Lipinski definition) is 6. The first-order valence-electron chi connectivity index (χ1n) is 10.5. The molecule has 6 nitrogen and oxygen atoms in total. The number of alkyl halides is 3. The van der Waals surface area contributed by atoms with E-state index in [1.165, 1.54) is 0 Å². The molecule has 2 aromatic carbocycles. The molecule has 2 heterocycles. The molecule has 1 saturated heterocycles. The third-order valence-corrected chi connectivity index (χ3v) is 5.96. The number of benzene rings is 2. The molecule has 0 amide bonds. The second kappa shape index (κ2) is 9.61. The Kier molecular flexibility index (Phi) is 6.81. The Morgan fingerprint density at radius 3 is 2.27 bits per heavy atom. The zero-order valence-electron chi connectivity index (χ0n) is 18.2. The highest BCUT2D eigenvalue weighted by molar-refractivity contribution is 6.28. The predicted molar refractivity (Wildman–Crippen MR) is 121 cm³/mol. The average molecular weight is 481 g/mol. The number of anilines is 1. The van der Waals surface area contributed by atoms with Crippen molar-refractivity contribution in [3.05, 3.63) is 52.8 Å². The summed E-state index contributed by atoms with van der Waals surface area (Å²) < 4.78 is 49.0. The minimum Gasteiger partial charge on any atom is -0.493 e. The second-order valence-electron chi connectivity index (χ2n) is 7.96. The summed E-state index contributed by atoms with van der Waals surface area (Å²) in [5.41, 5.74) is 0.887. The first-order chi connectivity index (χ1) is 15.8. The molecule has 0 spiro atoms. The van der Waals surface area contributed by atoms with Crippen LogP contribution in [-0.4, -0.2) is 48.2 Å². The highest BCUT2D eigenvalue weighted by Gasteiger charge is 2.30. The van der Waals surface area contributed by atoms with Crippen LogP contribution in [0.25, 0.3) is 10.9 Å². The molecule has 0 unspecified atom stereocenters. The van der Waals surface area contributed by atoms with E-state index in [4.69, 9.17) is 21.1 Å². The molecule has 0 radical (unpaired) electrons. The molecule has 33 heavy (non-hydrogen) atoms. The Morgan fingerprint density at radius 1 is 1.03 bits per heavy atom. The fraction of sp³-hybridized carbons (Fsp3) is 0.391. The fourth-order valence-electron chi connectivity index (χ4n) is 4.02. The number of hydrogen-bond donors (Lipinski definition) is 1. The highest BCUT2D eigenvalue weighted by atomic mass is 35.5. The number of likely N-dealkylation sites (tertiary alicyclic amines) is 1. The lowest BCUT2D eigenvalue weighted by molar-refractivity contribution is -0.137. The van der Waals surface area contributed by atoms with Gasteiger partial charge in [0.2, 0.25) is 5.28 Å². The Hall–Kier alpha value is -2.78. The Bertz CT molecular complexity index is 1120. The molecule has 3 aromatic rings. The van der Waals surface area contributed by atoms with Gasteiger partial charge in [-0.1, -0.05) is 12.1 Å². The van der Waals surface area contributed by atoms with Crippen molar-refractivity contribution in [3.63, 3.8) is 0 Å². The van der Waals surface area contributed by atoms with Crippen molar-refractivity contribution >= 4 is 28.3 Å². The number of ether oxygens (including phenoxy) is 2. The summed E-state index contributed by atoms with van der Waals surface area (Å²) in [6, 6.07) is 9.13. The monoisotopic (exact) mass is 480 g/mol. The fourth-order valence-corrected chi connectivity index (χ4v) is 4.20. The third-order valence-electron chi connectivity index (χ3n) is 5.79. The molecule has 1 N–H and O–H groups in total. The minimum absolute atomic E-state index is 0.136. The van der Waals surface area contributed by atoms with Gasteiger partial charge < -0.3 is 14.8 Å². The van der Waals surface area contributed by atoms with Gasteiger partial charge in [-0.05, 0) is 48.2 Å². The summed E-state index contributed by atoms with van der Waals surface area (Å²) in [5.74, 6) is 1.76. The summed E-state index contributed by atoms with van der Waals surface area (Å²) in [5, 5.41) is 4.40. The zero-order valence-corrected chi connectivity index (χ0v) is 19.0. The number of methoxy groups -OCH3 is 2. The van der Waals surface area contributed by atoms with Crippen LogP contribution in [0.4, 0.5) is 19.0 Å². The number of nitrogens with one attached hydrogen (secondary N) is 1. The van der Waals surface area contributed by atoms with Crippen molar-refractivity contribution in [1.82, 2.24) is 14.9 Å². The number of nitrogens with zero attached hydrogens (tertiary/aromatic N) is 3. The minimum atomic E-state index is -4.31. The van der Waals surface area contributed by atoms with E-state index < -0.39 is 11.7 Å². The van der Waals surface area contributed by atoms with Crippen molar-refractivity contribution in [1.29, 1.82) is 0 Å². The average Bonchev–Trinajstić information content (AvgIpc) is 2.79. The van der Waals surface area contributed by atoms with Crippen LogP contribution in [0.15, 0.2) is 36.4 Å². The molecule has 0 atom stereocenters. The quantitative estimate of drug-likeness (QED) is 0.477. The van der Waals surface area contributed by atoms with Crippen LogP contribution in [0.2, 0.25) is 5.28 Å². The zero-order chi connectivity index (χ0) is 23.6. The lowest BCUT2D eigenvalue weighted by atomic mass is 10.0. The van der Waals surface area contributed by atoms with Crippen LogP contribution in [0.1, 0.15) is 24.0 Å². The number of piperidine rings is 1.